The van der Waals surface area contributed by atoms with Crippen LogP contribution in [0.5, 0.6) is 17.4 Å². The Morgan fingerprint density at radius 2 is 2.00 bits per heavy atom. The summed E-state index contributed by atoms with van der Waals surface area (Å²) in [7, 11) is 1.95. The Balaban J connectivity index is 1.54. The van der Waals surface area contributed by atoms with E-state index in [-0.39, 0.29) is 11.0 Å². The first-order chi connectivity index (χ1) is 13.3. The minimum atomic E-state index is -0.0787. The highest BCUT2D eigenvalue weighted by Gasteiger charge is 2.35. The maximum absolute atomic E-state index is 6.18. The lowest BCUT2D eigenvalue weighted by molar-refractivity contribution is -0.0639. The van der Waals surface area contributed by atoms with E-state index in [1.165, 1.54) is 0 Å². The van der Waals surface area contributed by atoms with Crippen molar-refractivity contribution in [2.75, 3.05) is 31.7 Å². The first kappa shape index (κ1) is 19.0. The first-order valence-corrected chi connectivity index (χ1v) is 9.96. The first-order valence-electron chi connectivity index (χ1n) is 9.96. The summed E-state index contributed by atoms with van der Waals surface area (Å²) in [5.41, 5.74) is 2.28. The lowest BCUT2D eigenvalue weighted by Gasteiger charge is -2.38. The number of likely N-dealkylation sites (N-methyl/N-ethyl adjacent to an activating group) is 1. The number of hydrogen-bond acceptors (Lipinski definition) is 6. The van der Waals surface area contributed by atoms with Crippen molar-refractivity contribution in [2.45, 2.75) is 45.1 Å². The predicted molar refractivity (Wildman–Crippen MR) is 111 cm³/mol. The zero-order valence-corrected chi connectivity index (χ0v) is 17.5. The third-order valence-electron chi connectivity index (χ3n) is 5.85. The number of aromatic nitrogens is 1. The van der Waals surface area contributed by atoms with E-state index in [2.05, 4.69) is 49.0 Å². The topological polar surface area (TPSA) is 49.9 Å². The Morgan fingerprint density at radius 3 is 2.68 bits per heavy atom. The molecule has 2 aliphatic rings. The monoisotopic (exact) mass is 382 g/mol. The second-order valence-corrected chi connectivity index (χ2v) is 8.79. The molecule has 1 aromatic heterocycles. The van der Waals surface area contributed by atoms with E-state index in [1.54, 1.807) is 0 Å². The lowest BCUT2D eigenvalue weighted by Crippen LogP contribution is -2.41. The maximum atomic E-state index is 6.18. The van der Waals surface area contributed by atoms with Crippen molar-refractivity contribution in [3.8, 4) is 17.4 Å². The molecule has 0 radical (unpaired) electrons. The van der Waals surface area contributed by atoms with Gasteiger partial charge in [0.05, 0.1) is 18.6 Å². The van der Waals surface area contributed by atoms with Crippen molar-refractivity contribution in [3.63, 3.8) is 0 Å². The average Bonchev–Trinajstić information content (AvgIpc) is 3.04. The number of benzene rings is 1. The third-order valence-corrected chi connectivity index (χ3v) is 5.85. The number of hydroxylamine groups is 2. The van der Waals surface area contributed by atoms with Crippen molar-refractivity contribution in [3.05, 3.63) is 42.1 Å². The normalized spacial score (nSPS) is 24.0. The molecule has 2 aliphatic heterocycles. The zero-order chi connectivity index (χ0) is 19.9. The van der Waals surface area contributed by atoms with Gasteiger partial charge in [-0.25, -0.2) is 4.98 Å². The summed E-state index contributed by atoms with van der Waals surface area (Å²) in [6, 6.07) is 9.96. The second-order valence-electron chi connectivity index (χ2n) is 8.79. The number of fused-ring (bicyclic) bond motifs is 1. The second kappa shape index (κ2) is 6.94. The van der Waals surface area contributed by atoms with Gasteiger partial charge in [0.1, 0.15) is 5.75 Å². The number of ether oxygens (including phenoxy) is 1. The molecule has 2 aromatic rings. The summed E-state index contributed by atoms with van der Waals surface area (Å²) in [4.78, 5) is 12.8. The number of nitrogens with zero attached hydrogens (tertiary/aromatic N) is 3. The molecular weight excluding hydrogens is 352 g/mol. The largest absolute Gasteiger partial charge is 0.439 e. The predicted octanol–water partition coefficient (Wildman–Crippen LogP) is 3.93. The van der Waals surface area contributed by atoms with Crippen LogP contribution in [0.15, 0.2) is 36.5 Å². The van der Waals surface area contributed by atoms with Crippen LogP contribution >= 0.6 is 0 Å². The minimum absolute atomic E-state index is 0.0787. The van der Waals surface area contributed by atoms with Gasteiger partial charge in [-0.05, 0) is 31.5 Å². The summed E-state index contributed by atoms with van der Waals surface area (Å²) in [6.45, 7) is 11.5. The molecular formula is C22H30N4O2. The Morgan fingerprint density at radius 1 is 1.18 bits per heavy atom. The number of anilines is 1. The van der Waals surface area contributed by atoms with Gasteiger partial charge in [-0.15, -0.1) is 5.06 Å². The van der Waals surface area contributed by atoms with Crippen molar-refractivity contribution < 1.29 is 9.57 Å². The van der Waals surface area contributed by atoms with Crippen LogP contribution in [0.2, 0.25) is 0 Å². The van der Waals surface area contributed by atoms with Gasteiger partial charge in [0.25, 0.3) is 0 Å². The highest BCUT2D eigenvalue weighted by Crippen LogP contribution is 2.43. The Hall–Kier alpha value is -2.31. The fourth-order valence-electron chi connectivity index (χ4n) is 4.15. The smallest absolute Gasteiger partial charge is 0.219 e. The molecule has 0 amide bonds. The van der Waals surface area contributed by atoms with Gasteiger partial charge >= 0.3 is 0 Å². The molecule has 0 saturated carbocycles. The Kier molecular flexibility index (Phi) is 4.71. The van der Waals surface area contributed by atoms with E-state index in [9.17, 15) is 0 Å². The molecule has 1 saturated heterocycles. The van der Waals surface area contributed by atoms with E-state index in [4.69, 9.17) is 9.57 Å². The molecule has 28 heavy (non-hydrogen) atoms. The van der Waals surface area contributed by atoms with Crippen molar-refractivity contribution >= 4 is 5.69 Å². The van der Waals surface area contributed by atoms with Gasteiger partial charge < -0.3 is 14.5 Å². The van der Waals surface area contributed by atoms with E-state index in [0.29, 0.717) is 5.88 Å². The molecule has 0 unspecified atom stereocenters. The van der Waals surface area contributed by atoms with Crippen LogP contribution in [0.4, 0.5) is 5.69 Å². The fourth-order valence-corrected chi connectivity index (χ4v) is 4.15. The van der Waals surface area contributed by atoms with Gasteiger partial charge in [0.15, 0.2) is 5.75 Å². The Labute approximate surface area is 167 Å². The molecule has 0 spiro atoms. The van der Waals surface area contributed by atoms with Crippen LogP contribution in [-0.2, 0) is 5.41 Å². The molecule has 1 fully saturated rings. The maximum Gasteiger partial charge on any atom is 0.219 e. The quantitative estimate of drug-likeness (QED) is 0.865. The molecule has 1 atom stereocenters. The standard InChI is InChI=1S/C22H30N4O2/c1-6-22(4)14-26(15-24-22)16-10-11-19(23-12-16)27-17-8-7-9-18-20(17)21(2,3)13-25(5)28-18/h7-12,24H,6,13-15H2,1-5H3/t22-/m1/s1. The number of hydrogen-bond donors (Lipinski definition) is 1. The SMILES string of the molecule is CC[C@]1(C)CN(c2ccc(Oc3cccc4c3C(C)(C)CN(C)O4)nc2)CN1. The molecule has 0 bridgehead atoms. The summed E-state index contributed by atoms with van der Waals surface area (Å²) < 4.78 is 6.18. The number of rotatable bonds is 4. The van der Waals surface area contributed by atoms with Crippen molar-refractivity contribution in [1.82, 2.24) is 15.4 Å². The van der Waals surface area contributed by atoms with Gasteiger partial charge in [-0.1, -0.05) is 26.8 Å². The van der Waals surface area contributed by atoms with E-state index in [1.807, 2.05) is 42.6 Å². The lowest BCUT2D eigenvalue weighted by atomic mass is 9.82. The molecule has 3 heterocycles. The van der Waals surface area contributed by atoms with Crippen LogP contribution in [0.1, 0.15) is 39.7 Å². The van der Waals surface area contributed by atoms with Gasteiger partial charge in [-0.3, -0.25) is 5.32 Å². The molecule has 6 nitrogen and oxygen atoms in total. The minimum Gasteiger partial charge on any atom is -0.439 e. The molecule has 0 aliphatic carbocycles. The molecule has 150 valence electrons. The van der Waals surface area contributed by atoms with Gasteiger partial charge in [0.2, 0.25) is 5.88 Å². The highest BCUT2D eigenvalue weighted by molar-refractivity contribution is 5.52. The molecule has 4 rings (SSSR count). The molecule has 1 N–H and O–H groups in total. The van der Waals surface area contributed by atoms with Crippen LogP contribution < -0.4 is 19.8 Å². The van der Waals surface area contributed by atoms with Crippen molar-refractivity contribution in [2.24, 2.45) is 0 Å². The number of nitrogens with one attached hydrogen (secondary N) is 1. The van der Waals surface area contributed by atoms with Crippen LogP contribution in [0, 0.1) is 0 Å². The number of pyridine rings is 1. The summed E-state index contributed by atoms with van der Waals surface area (Å²) in [6.07, 6.45) is 2.99. The van der Waals surface area contributed by atoms with Crippen LogP contribution in [-0.4, -0.2) is 42.4 Å². The van der Waals surface area contributed by atoms with Crippen LogP contribution in [0.3, 0.4) is 0 Å². The average molecular weight is 383 g/mol. The summed E-state index contributed by atoms with van der Waals surface area (Å²) in [5, 5.41) is 5.45. The van der Waals surface area contributed by atoms with E-state index < -0.39 is 0 Å². The van der Waals surface area contributed by atoms with Gasteiger partial charge in [-0.2, -0.15) is 0 Å². The van der Waals surface area contributed by atoms with Crippen LogP contribution in [0.25, 0.3) is 0 Å². The van der Waals surface area contributed by atoms with E-state index >= 15 is 0 Å². The third kappa shape index (κ3) is 3.54. The summed E-state index contributed by atoms with van der Waals surface area (Å²) >= 11 is 0. The fraction of sp³-hybridized carbons (Fsp3) is 0.500. The molecule has 6 heteroatoms. The Bertz CT molecular complexity index is 852. The van der Waals surface area contributed by atoms with Gasteiger partial charge in [0, 0.05) is 42.7 Å². The molecule has 1 aromatic carbocycles. The summed E-state index contributed by atoms with van der Waals surface area (Å²) in [5.74, 6) is 2.24. The zero-order valence-electron chi connectivity index (χ0n) is 17.5. The van der Waals surface area contributed by atoms with Crippen molar-refractivity contribution in [1.29, 1.82) is 0 Å². The van der Waals surface area contributed by atoms with E-state index in [0.717, 1.165) is 48.9 Å². The highest BCUT2D eigenvalue weighted by atomic mass is 16.7.